The molecule has 0 bridgehead atoms. The van der Waals surface area contributed by atoms with E-state index in [9.17, 15) is 19.6 Å². The zero-order chi connectivity index (χ0) is 28.9. The number of methoxy groups -OCH3 is 1. The Balaban J connectivity index is 1.29. The summed E-state index contributed by atoms with van der Waals surface area (Å²) in [7, 11) is 3.71. The summed E-state index contributed by atoms with van der Waals surface area (Å²) in [5.74, 6) is 0.837. The van der Waals surface area contributed by atoms with E-state index in [0.717, 1.165) is 43.6 Å². The lowest BCUT2D eigenvalue weighted by molar-refractivity contribution is -0.139. The molecule has 0 aliphatic carbocycles. The monoisotopic (exact) mass is 560 g/mol. The molecule has 5 heterocycles. The zero-order valence-electron chi connectivity index (χ0n) is 23.6. The van der Waals surface area contributed by atoms with Crippen molar-refractivity contribution in [1.29, 1.82) is 5.26 Å². The fourth-order valence-electron chi connectivity index (χ4n) is 5.75. The Labute approximate surface area is 239 Å². The Morgan fingerprint density at radius 1 is 1.24 bits per heavy atom. The second-order valence-corrected chi connectivity index (χ2v) is 10.9. The van der Waals surface area contributed by atoms with Crippen molar-refractivity contribution in [3.8, 4) is 6.07 Å². The maximum absolute atomic E-state index is 13.3. The number of ether oxygens (including phenoxy) is 1. The lowest BCUT2D eigenvalue weighted by atomic mass is 10.0. The van der Waals surface area contributed by atoms with E-state index in [2.05, 4.69) is 38.2 Å². The molecule has 2 fully saturated rings. The number of nitriles is 1. The van der Waals surface area contributed by atoms with Gasteiger partial charge in [0.2, 0.25) is 5.91 Å². The lowest BCUT2D eigenvalue weighted by Gasteiger charge is -2.46. The highest BCUT2D eigenvalue weighted by Crippen LogP contribution is 2.29. The van der Waals surface area contributed by atoms with Crippen LogP contribution in [-0.2, 0) is 28.9 Å². The number of anilines is 2. The highest BCUT2D eigenvalue weighted by atomic mass is 16.5. The Bertz CT molecular complexity index is 1350. The number of urea groups is 1. The summed E-state index contributed by atoms with van der Waals surface area (Å²) >= 11 is 0. The minimum Gasteiger partial charge on any atom is -0.385 e. The van der Waals surface area contributed by atoms with Crippen LogP contribution in [0.3, 0.4) is 0 Å². The number of amides is 3. The number of likely N-dealkylation sites (tertiary alicyclic amines) is 1. The zero-order valence-corrected chi connectivity index (χ0v) is 23.6. The summed E-state index contributed by atoms with van der Waals surface area (Å²) in [6.45, 7) is 5.10. The van der Waals surface area contributed by atoms with Crippen molar-refractivity contribution in [2.24, 2.45) is 0 Å². The van der Waals surface area contributed by atoms with Crippen molar-refractivity contribution in [3.05, 3.63) is 46.3 Å². The van der Waals surface area contributed by atoms with E-state index in [1.54, 1.807) is 18.1 Å². The van der Waals surface area contributed by atoms with Crippen LogP contribution in [0.25, 0.3) is 0 Å². The predicted molar refractivity (Wildman–Crippen MR) is 152 cm³/mol. The standard InChI is InChI=1S/C29H36N8O4/c1-34-16-24(17-34)35-8-9-36(27(39)18-35)15-22-11-21-5-3-7-37(28(21)32-25(22)19-38)29(40)33-26-12-20(6-4-10-41-2)23(13-30)14-31-26/h11-12,14,19,24H,3-10,15-18H2,1-2H3,(H,31,33,40). The number of aldehydes is 1. The molecule has 3 aliphatic heterocycles. The first-order valence-corrected chi connectivity index (χ1v) is 14.0. The van der Waals surface area contributed by atoms with Gasteiger partial charge in [0, 0.05) is 70.8 Å². The third kappa shape index (κ3) is 6.37. The van der Waals surface area contributed by atoms with Gasteiger partial charge < -0.3 is 14.5 Å². The molecule has 1 N–H and O–H groups in total. The molecule has 12 nitrogen and oxygen atoms in total. The molecule has 2 saturated heterocycles. The van der Waals surface area contributed by atoms with E-state index >= 15 is 0 Å². The number of likely N-dealkylation sites (N-methyl/N-ethyl adjacent to an activating group) is 1. The first kappa shape index (κ1) is 28.6. The predicted octanol–water partition coefficient (Wildman–Crippen LogP) is 1.68. The van der Waals surface area contributed by atoms with Crippen LogP contribution in [-0.4, -0.2) is 109 Å². The number of nitrogens with zero attached hydrogens (tertiary/aromatic N) is 7. The largest absolute Gasteiger partial charge is 0.385 e. The number of rotatable bonds is 9. The summed E-state index contributed by atoms with van der Waals surface area (Å²) < 4.78 is 5.11. The number of fused-ring (bicyclic) bond motifs is 1. The molecule has 0 saturated carbocycles. The Kier molecular flexibility index (Phi) is 8.87. The van der Waals surface area contributed by atoms with E-state index in [0.29, 0.717) is 80.7 Å². The van der Waals surface area contributed by atoms with Gasteiger partial charge in [-0.25, -0.2) is 14.8 Å². The highest BCUT2D eigenvalue weighted by Gasteiger charge is 2.35. The molecule has 41 heavy (non-hydrogen) atoms. The van der Waals surface area contributed by atoms with Crippen molar-refractivity contribution in [1.82, 2.24) is 24.7 Å². The normalized spacial score (nSPS) is 18.0. The van der Waals surface area contributed by atoms with Crippen molar-refractivity contribution < 1.29 is 19.1 Å². The van der Waals surface area contributed by atoms with E-state index in [-0.39, 0.29) is 11.6 Å². The van der Waals surface area contributed by atoms with E-state index in [1.165, 1.54) is 11.1 Å². The van der Waals surface area contributed by atoms with E-state index in [1.807, 2.05) is 6.07 Å². The Hall–Kier alpha value is -3.92. The molecule has 0 spiro atoms. The number of aromatic nitrogens is 2. The average Bonchev–Trinajstić information content (AvgIpc) is 2.96. The van der Waals surface area contributed by atoms with E-state index < -0.39 is 6.03 Å². The van der Waals surface area contributed by atoms with Gasteiger partial charge in [0.15, 0.2) is 6.29 Å². The molecule has 3 aliphatic rings. The average molecular weight is 561 g/mol. The molecule has 12 heteroatoms. The van der Waals surface area contributed by atoms with Gasteiger partial charge in [-0.2, -0.15) is 5.26 Å². The number of piperazine rings is 1. The summed E-state index contributed by atoms with van der Waals surface area (Å²) in [4.78, 5) is 55.0. The van der Waals surface area contributed by atoms with Gasteiger partial charge in [-0.1, -0.05) is 0 Å². The quantitative estimate of drug-likeness (QED) is 0.359. The maximum atomic E-state index is 13.3. The topological polar surface area (TPSA) is 135 Å². The molecular formula is C29H36N8O4. The maximum Gasteiger partial charge on any atom is 0.328 e. The van der Waals surface area contributed by atoms with Crippen LogP contribution in [0.15, 0.2) is 18.3 Å². The van der Waals surface area contributed by atoms with Crippen molar-refractivity contribution in [2.45, 2.75) is 38.3 Å². The molecule has 0 atom stereocenters. The number of carbonyl (C=O) groups is 3. The number of hydrogen-bond donors (Lipinski definition) is 1. The Morgan fingerprint density at radius 2 is 2.07 bits per heavy atom. The Morgan fingerprint density at radius 3 is 2.78 bits per heavy atom. The van der Waals surface area contributed by atoms with Gasteiger partial charge >= 0.3 is 6.03 Å². The lowest BCUT2D eigenvalue weighted by Crippen LogP contribution is -2.63. The highest BCUT2D eigenvalue weighted by molar-refractivity contribution is 6.01. The summed E-state index contributed by atoms with van der Waals surface area (Å²) in [6.07, 6.45) is 4.97. The number of carbonyl (C=O) groups excluding carboxylic acids is 3. The molecule has 0 unspecified atom stereocenters. The number of aryl methyl sites for hydroxylation is 2. The van der Waals surface area contributed by atoms with Crippen molar-refractivity contribution >= 4 is 29.9 Å². The third-order valence-corrected chi connectivity index (χ3v) is 8.04. The van der Waals surface area contributed by atoms with Crippen LogP contribution in [0, 0.1) is 11.3 Å². The molecular weight excluding hydrogens is 524 g/mol. The molecule has 216 valence electrons. The molecule has 0 radical (unpaired) electrons. The summed E-state index contributed by atoms with van der Waals surface area (Å²) in [6, 6.07) is 5.80. The van der Waals surface area contributed by atoms with Gasteiger partial charge in [0.25, 0.3) is 0 Å². The minimum atomic E-state index is -0.406. The minimum absolute atomic E-state index is 0.0536. The first-order valence-electron chi connectivity index (χ1n) is 14.0. The van der Waals surface area contributed by atoms with Crippen LogP contribution < -0.4 is 10.2 Å². The third-order valence-electron chi connectivity index (χ3n) is 8.04. The van der Waals surface area contributed by atoms with Crippen molar-refractivity contribution in [3.63, 3.8) is 0 Å². The van der Waals surface area contributed by atoms with Crippen LogP contribution in [0.1, 0.15) is 45.6 Å². The summed E-state index contributed by atoms with van der Waals surface area (Å²) in [5, 5.41) is 12.3. The summed E-state index contributed by atoms with van der Waals surface area (Å²) in [5.41, 5.74) is 3.04. The van der Waals surface area contributed by atoms with Crippen LogP contribution in [0.2, 0.25) is 0 Å². The second kappa shape index (κ2) is 12.7. The molecule has 2 aromatic heterocycles. The smallest absolute Gasteiger partial charge is 0.328 e. The fraction of sp³-hybridized carbons (Fsp3) is 0.517. The van der Waals surface area contributed by atoms with Gasteiger partial charge in [-0.3, -0.25) is 24.7 Å². The molecule has 0 aromatic carbocycles. The molecule has 5 rings (SSSR count). The number of hydrogen-bond acceptors (Lipinski definition) is 9. The van der Waals surface area contributed by atoms with Gasteiger partial charge in [-0.15, -0.1) is 0 Å². The molecule has 3 amide bonds. The van der Waals surface area contributed by atoms with Gasteiger partial charge in [0.05, 0.1) is 12.1 Å². The first-order chi connectivity index (χ1) is 19.9. The van der Waals surface area contributed by atoms with Crippen LogP contribution >= 0.6 is 0 Å². The number of nitrogens with one attached hydrogen (secondary N) is 1. The van der Waals surface area contributed by atoms with Gasteiger partial charge in [0.1, 0.15) is 23.4 Å². The number of pyridine rings is 2. The fourth-order valence-corrected chi connectivity index (χ4v) is 5.75. The molecule has 2 aromatic rings. The van der Waals surface area contributed by atoms with Crippen LogP contribution in [0.5, 0.6) is 0 Å². The second-order valence-electron chi connectivity index (χ2n) is 10.9. The van der Waals surface area contributed by atoms with Crippen molar-refractivity contribution in [2.75, 3.05) is 70.2 Å². The van der Waals surface area contributed by atoms with E-state index in [4.69, 9.17) is 4.74 Å². The van der Waals surface area contributed by atoms with Crippen LogP contribution in [0.4, 0.5) is 16.4 Å². The SMILES string of the molecule is COCCCc1cc(NC(=O)N2CCCc3cc(CN4CCN(C5CN(C)C5)CC4=O)c(C=O)nc32)ncc1C#N. The van der Waals surface area contributed by atoms with Gasteiger partial charge in [-0.05, 0) is 56.0 Å².